The fourth-order valence-corrected chi connectivity index (χ4v) is 1.01. The van der Waals surface area contributed by atoms with Crippen LogP contribution >= 0.6 is 11.6 Å². The van der Waals surface area contributed by atoms with Crippen molar-refractivity contribution in [3.63, 3.8) is 0 Å². The van der Waals surface area contributed by atoms with Crippen LogP contribution in [0.3, 0.4) is 0 Å². The summed E-state index contributed by atoms with van der Waals surface area (Å²) >= 11 is 5.69. The van der Waals surface area contributed by atoms with Gasteiger partial charge in [-0.1, -0.05) is 22.8 Å². The number of carboxylic acids is 1. The van der Waals surface area contributed by atoms with Crippen molar-refractivity contribution in [1.29, 1.82) is 0 Å². The molecule has 1 aromatic heterocycles. The second-order valence-electron chi connectivity index (χ2n) is 2.41. The maximum Gasteiger partial charge on any atom is 0.338 e. The first-order chi connectivity index (χ1) is 7.15. The third-order valence-corrected chi connectivity index (χ3v) is 1.77. The molecular weight excluding hydrogens is 220 g/mol. The molecule has 0 saturated carbocycles. The molecule has 0 aliphatic carbocycles. The molecule has 0 saturated heterocycles. The van der Waals surface area contributed by atoms with Crippen molar-refractivity contribution >= 4 is 23.6 Å². The van der Waals surface area contributed by atoms with Crippen molar-refractivity contribution in [2.45, 2.75) is 0 Å². The van der Waals surface area contributed by atoms with E-state index in [0.717, 1.165) is 6.08 Å². The van der Waals surface area contributed by atoms with Crippen LogP contribution in [0.2, 0.25) is 5.15 Å². The van der Waals surface area contributed by atoms with E-state index in [1.807, 2.05) is 0 Å². The fraction of sp³-hybridized carbons (Fsp3) is 0. The molecule has 0 radical (unpaired) electrons. The van der Waals surface area contributed by atoms with E-state index < -0.39 is 11.7 Å². The van der Waals surface area contributed by atoms with Crippen molar-refractivity contribution < 1.29 is 9.90 Å². The second kappa shape index (κ2) is 4.99. The first-order valence-electron chi connectivity index (χ1n) is 3.75. The third-order valence-electron chi connectivity index (χ3n) is 1.45. The standard InChI is InChI=1S/C8H5ClN4O2/c9-7-5(2-1-3-11-7)4-6(8(14)15)12-13-10/h1-4H,(H,14,15)/b6-4-. The maximum absolute atomic E-state index is 10.6. The van der Waals surface area contributed by atoms with Crippen molar-refractivity contribution in [2.75, 3.05) is 0 Å². The molecule has 15 heavy (non-hydrogen) atoms. The average molecular weight is 225 g/mol. The normalized spacial score (nSPS) is 10.6. The lowest BCUT2D eigenvalue weighted by molar-refractivity contribution is -0.132. The molecule has 0 unspecified atom stereocenters. The number of azide groups is 1. The summed E-state index contributed by atoms with van der Waals surface area (Å²) in [6.07, 6.45) is 2.62. The first-order valence-corrected chi connectivity index (χ1v) is 4.13. The highest BCUT2D eigenvalue weighted by Gasteiger charge is 2.06. The number of carboxylic acid groups (broad SMARTS) is 1. The number of hydrogen-bond donors (Lipinski definition) is 1. The molecule has 7 heteroatoms. The molecule has 1 heterocycles. The van der Waals surface area contributed by atoms with Crippen LogP contribution in [-0.4, -0.2) is 16.1 Å². The van der Waals surface area contributed by atoms with E-state index in [1.54, 1.807) is 12.1 Å². The molecule has 0 aromatic carbocycles. The Morgan fingerprint density at radius 1 is 1.73 bits per heavy atom. The van der Waals surface area contributed by atoms with Crippen molar-refractivity contribution in [2.24, 2.45) is 5.11 Å². The lowest BCUT2D eigenvalue weighted by atomic mass is 10.2. The van der Waals surface area contributed by atoms with Gasteiger partial charge in [-0.2, -0.15) is 0 Å². The minimum absolute atomic E-state index is 0.143. The van der Waals surface area contributed by atoms with Crippen LogP contribution in [0, 0.1) is 0 Å². The van der Waals surface area contributed by atoms with E-state index in [0.29, 0.717) is 5.56 Å². The second-order valence-corrected chi connectivity index (χ2v) is 2.77. The van der Waals surface area contributed by atoms with Gasteiger partial charge in [0, 0.05) is 16.7 Å². The number of pyridine rings is 1. The van der Waals surface area contributed by atoms with Gasteiger partial charge in [0.2, 0.25) is 0 Å². The first kappa shape index (κ1) is 11.0. The Labute approximate surface area is 89.4 Å². The summed E-state index contributed by atoms with van der Waals surface area (Å²) in [6.45, 7) is 0. The molecule has 0 bridgehead atoms. The Balaban J connectivity index is 3.19. The number of nitrogens with zero attached hydrogens (tertiary/aromatic N) is 4. The van der Waals surface area contributed by atoms with E-state index in [-0.39, 0.29) is 5.15 Å². The molecule has 0 aliphatic rings. The van der Waals surface area contributed by atoms with Crippen LogP contribution in [0.5, 0.6) is 0 Å². The number of rotatable bonds is 3. The Bertz CT molecular complexity index is 461. The average Bonchev–Trinajstić information content (AvgIpc) is 2.20. The number of hydrogen-bond acceptors (Lipinski definition) is 3. The Hall–Kier alpha value is -2.04. The van der Waals surface area contributed by atoms with E-state index in [9.17, 15) is 4.79 Å². The Morgan fingerprint density at radius 3 is 3.00 bits per heavy atom. The van der Waals surface area contributed by atoms with E-state index in [2.05, 4.69) is 15.0 Å². The molecule has 6 nitrogen and oxygen atoms in total. The van der Waals surface area contributed by atoms with Gasteiger partial charge in [-0.3, -0.25) is 0 Å². The van der Waals surface area contributed by atoms with Crippen molar-refractivity contribution in [3.05, 3.63) is 45.2 Å². The van der Waals surface area contributed by atoms with Crippen molar-refractivity contribution in [3.8, 4) is 0 Å². The Morgan fingerprint density at radius 2 is 2.47 bits per heavy atom. The topological polar surface area (TPSA) is 99.0 Å². The van der Waals surface area contributed by atoms with Gasteiger partial charge in [-0.25, -0.2) is 9.78 Å². The summed E-state index contributed by atoms with van der Waals surface area (Å²) in [6, 6.07) is 3.15. The summed E-state index contributed by atoms with van der Waals surface area (Å²) in [5.74, 6) is -1.33. The predicted molar refractivity (Wildman–Crippen MR) is 54.0 cm³/mol. The number of halogens is 1. The lowest BCUT2D eigenvalue weighted by Gasteiger charge is -1.96. The van der Waals surface area contributed by atoms with Crippen LogP contribution in [0.4, 0.5) is 0 Å². The zero-order valence-corrected chi connectivity index (χ0v) is 8.09. The minimum Gasteiger partial charge on any atom is -0.478 e. The molecule has 76 valence electrons. The SMILES string of the molecule is [N-]=[N+]=N/C(=C\c1cccnc1Cl)C(=O)O. The van der Waals surface area contributed by atoms with E-state index in [4.69, 9.17) is 22.2 Å². The summed E-state index contributed by atoms with van der Waals surface area (Å²) < 4.78 is 0. The maximum atomic E-state index is 10.6. The monoisotopic (exact) mass is 224 g/mol. The van der Waals surface area contributed by atoms with Gasteiger partial charge in [0.05, 0.1) is 0 Å². The minimum atomic E-state index is -1.33. The van der Waals surface area contributed by atoms with Gasteiger partial charge in [-0.05, 0) is 17.7 Å². The Kier molecular flexibility index (Phi) is 3.68. The van der Waals surface area contributed by atoms with Gasteiger partial charge < -0.3 is 5.11 Å². The summed E-state index contributed by atoms with van der Waals surface area (Å²) in [5, 5.41) is 11.8. The van der Waals surface area contributed by atoms with Gasteiger partial charge in [-0.15, -0.1) is 0 Å². The van der Waals surface area contributed by atoms with Crippen LogP contribution in [0.1, 0.15) is 5.56 Å². The van der Waals surface area contributed by atoms with Crippen LogP contribution in [-0.2, 0) is 4.79 Å². The summed E-state index contributed by atoms with van der Waals surface area (Å²) in [5.41, 5.74) is 8.08. The molecule has 1 aromatic rings. The highest BCUT2D eigenvalue weighted by Crippen LogP contribution is 2.16. The van der Waals surface area contributed by atoms with E-state index in [1.165, 1.54) is 6.20 Å². The smallest absolute Gasteiger partial charge is 0.338 e. The van der Waals surface area contributed by atoms with Crippen molar-refractivity contribution in [1.82, 2.24) is 4.98 Å². The largest absolute Gasteiger partial charge is 0.478 e. The fourth-order valence-electron chi connectivity index (χ4n) is 0.835. The van der Waals surface area contributed by atoms with Gasteiger partial charge in [0.25, 0.3) is 0 Å². The molecule has 0 fully saturated rings. The van der Waals surface area contributed by atoms with Gasteiger partial charge >= 0.3 is 5.97 Å². The lowest BCUT2D eigenvalue weighted by Crippen LogP contribution is -1.96. The predicted octanol–water partition coefficient (Wildman–Crippen LogP) is 2.47. The van der Waals surface area contributed by atoms with Gasteiger partial charge in [0.1, 0.15) is 10.9 Å². The van der Waals surface area contributed by atoms with Crippen LogP contribution in [0.15, 0.2) is 29.1 Å². The highest BCUT2D eigenvalue weighted by molar-refractivity contribution is 6.30. The third kappa shape index (κ3) is 2.98. The zero-order valence-electron chi connectivity index (χ0n) is 7.33. The van der Waals surface area contributed by atoms with Crippen LogP contribution < -0.4 is 0 Å². The molecule has 1 rings (SSSR count). The summed E-state index contributed by atoms with van der Waals surface area (Å²) in [4.78, 5) is 16.7. The van der Waals surface area contributed by atoms with Crippen LogP contribution in [0.25, 0.3) is 16.5 Å². The molecule has 0 amide bonds. The van der Waals surface area contributed by atoms with E-state index >= 15 is 0 Å². The van der Waals surface area contributed by atoms with Gasteiger partial charge in [0.15, 0.2) is 0 Å². The molecule has 1 N–H and O–H groups in total. The number of carbonyl (C=O) groups is 1. The molecular formula is C8H5ClN4O2. The molecule has 0 atom stereocenters. The number of aliphatic carboxylic acids is 1. The quantitative estimate of drug-likeness (QED) is 0.281. The highest BCUT2D eigenvalue weighted by atomic mass is 35.5. The molecule has 0 spiro atoms. The zero-order chi connectivity index (χ0) is 11.3. The molecule has 0 aliphatic heterocycles. The summed E-state index contributed by atoms with van der Waals surface area (Å²) in [7, 11) is 0. The number of aromatic nitrogens is 1.